The van der Waals surface area contributed by atoms with E-state index >= 15 is 0 Å². The summed E-state index contributed by atoms with van der Waals surface area (Å²) in [7, 11) is 1.60. The van der Waals surface area contributed by atoms with Gasteiger partial charge in [-0.25, -0.2) is 4.99 Å². The minimum atomic E-state index is -1.06. The van der Waals surface area contributed by atoms with Crippen molar-refractivity contribution in [3.63, 3.8) is 0 Å². The highest BCUT2D eigenvalue weighted by Crippen LogP contribution is 2.80. The third-order valence-corrected chi connectivity index (χ3v) is 6.46. The van der Waals surface area contributed by atoms with Crippen LogP contribution in [-0.2, 0) is 4.74 Å². The van der Waals surface area contributed by atoms with Gasteiger partial charge in [0, 0.05) is 11.7 Å². The molecule has 1 saturated heterocycles. The number of nitrogens with one attached hydrogen (secondary N) is 1. The van der Waals surface area contributed by atoms with Gasteiger partial charge in [-0.2, -0.15) is 10.5 Å². The first-order valence-electron chi connectivity index (χ1n) is 7.27. The van der Waals surface area contributed by atoms with Gasteiger partial charge in [0.15, 0.2) is 10.8 Å². The normalized spacial score (nSPS) is 40.1. The summed E-state index contributed by atoms with van der Waals surface area (Å²) in [5.74, 6) is 1.51. The largest absolute Gasteiger partial charge is 0.497 e. The molecule has 2 aliphatic heterocycles. The average molecular weight is 327 g/mol. The molecule has 0 unspecified atom stereocenters. The second-order valence-electron chi connectivity index (χ2n) is 5.90. The molecular formula is C16H15N4O2S+. The lowest BCUT2D eigenvalue weighted by atomic mass is 9.95. The van der Waals surface area contributed by atoms with Crippen LogP contribution in [0.1, 0.15) is 11.5 Å². The van der Waals surface area contributed by atoms with Crippen molar-refractivity contribution in [3.8, 4) is 17.9 Å². The van der Waals surface area contributed by atoms with Gasteiger partial charge in [0.2, 0.25) is 0 Å². The molecule has 4 rings (SSSR count). The van der Waals surface area contributed by atoms with Crippen LogP contribution in [0, 0.1) is 33.5 Å². The third-order valence-electron chi connectivity index (χ3n) is 5.14. The van der Waals surface area contributed by atoms with Crippen LogP contribution < -0.4 is 15.5 Å². The van der Waals surface area contributed by atoms with Crippen LogP contribution >= 0.6 is 11.8 Å². The van der Waals surface area contributed by atoms with Crippen molar-refractivity contribution in [3.05, 3.63) is 29.8 Å². The number of benzene rings is 1. The topological polar surface area (TPSA) is 106 Å². The predicted octanol–water partition coefficient (Wildman–Crippen LogP) is -0.319. The second kappa shape index (κ2) is 4.41. The Bertz CT molecular complexity index is 788. The number of nitriles is 2. The number of ether oxygens (including phenoxy) is 2. The molecule has 2 heterocycles. The number of hydrogen-bond acceptors (Lipinski definition) is 6. The van der Waals surface area contributed by atoms with Gasteiger partial charge >= 0.3 is 0 Å². The van der Waals surface area contributed by atoms with E-state index in [1.165, 1.54) is 11.8 Å². The van der Waals surface area contributed by atoms with E-state index in [0.29, 0.717) is 12.4 Å². The Balaban J connectivity index is 1.87. The maximum atomic E-state index is 10.0. The molecule has 2 fully saturated rings. The van der Waals surface area contributed by atoms with E-state index in [0.717, 1.165) is 17.1 Å². The van der Waals surface area contributed by atoms with Crippen molar-refractivity contribution in [2.45, 2.75) is 11.0 Å². The second-order valence-corrected chi connectivity index (χ2v) is 7.17. The average Bonchev–Trinajstić information content (AvgIpc) is 2.83. The molecule has 1 aromatic rings. The molecule has 23 heavy (non-hydrogen) atoms. The van der Waals surface area contributed by atoms with E-state index in [1.54, 1.807) is 7.11 Å². The fourth-order valence-corrected chi connectivity index (χ4v) is 5.47. The number of amidine groups is 1. The van der Waals surface area contributed by atoms with Crippen molar-refractivity contribution in [1.29, 1.82) is 10.5 Å². The molecule has 1 aliphatic carbocycles. The van der Waals surface area contributed by atoms with Gasteiger partial charge in [-0.3, -0.25) is 5.73 Å². The summed E-state index contributed by atoms with van der Waals surface area (Å²) in [6, 6.07) is 12.1. The first-order chi connectivity index (χ1) is 11.1. The standard InChI is InChI=1S/C16H14N4O2S/c1-21-11-4-2-10(3-5-11)12-14(8-17)13(19)20-16(15(12,14)9-18)22-6-7-23-16/h2-5,12H,6-7H2,1H3,(H2,19,20)/p+1/t12-,14+,15+,16+/m0/s1. The summed E-state index contributed by atoms with van der Waals surface area (Å²) in [5.41, 5.74) is 4.99. The summed E-state index contributed by atoms with van der Waals surface area (Å²) in [4.78, 5) is 3.10. The Morgan fingerprint density at radius 3 is 2.61 bits per heavy atom. The van der Waals surface area contributed by atoms with Crippen molar-refractivity contribution >= 4 is 17.6 Å². The van der Waals surface area contributed by atoms with Crippen LogP contribution in [0.2, 0.25) is 0 Å². The minimum absolute atomic E-state index is 0.317. The number of rotatable bonds is 2. The lowest BCUT2D eigenvalue weighted by Crippen LogP contribution is -2.88. The summed E-state index contributed by atoms with van der Waals surface area (Å²) >= 11 is 1.52. The SMILES string of the molecule is COc1ccc([C@@H]2[C@@]3(C#N)[C@@]4([NH+]=C(N)[C@@]23C#N)OCCS4)cc1. The summed E-state index contributed by atoms with van der Waals surface area (Å²) < 4.78 is 11.1. The van der Waals surface area contributed by atoms with Gasteiger partial charge in [-0.05, 0) is 17.7 Å². The maximum Gasteiger partial charge on any atom is 0.277 e. The highest BCUT2D eigenvalue weighted by Gasteiger charge is 2.96. The Hall–Kier alpha value is -2.22. The molecule has 0 bridgehead atoms. The summed E-state index contributed by atoms with van der Waals surface area (Å²) in [5, 5.41) is 19.0. The van der Waals surface area contributed by atoms with Crippen LogP contribution in [0.5, 0.6) is 5.75 Å². The van der Waals surface area contributed by atoms with Crippen molar-refractivity contribution in [2.75, 3.05) is 19.5 Å². The highest BCUT2D eigenvalue weighted by atomic mass is 32.2. The lowest BCUT2D eigenvalue weighted by molar-refractivity contribution is -0.583. The number of fused-ring (bicyclic) bond motifs is 2. The van der Waals surface area contributed by atoms with Gasteiger partial charge in [-0.1, -0.05) is 23.9 Å². The van der Waals surface area contributed by atoms with Gasteiger partial charge in [0.1, 0.15) is 5.75 Å². The third kappa shape index (κ3) is 1.36. The van der Waals surface area contributed by atoms with E-state index in [4.69, 9.17) is 15.2 Å². The molecule has 4 atom stereocenters. The number of nitrogens with two attached hydrogens (primary N) is 1. The molecule has 1 spiro atoms. The molecule has 116 valence electrons. The quantitative estimate of drug-likeness (QED) is 0.771. The van der Waals surface area contributed by atoms with Crippen LogP contribution in [0.25, 0.3) is 0 Å². The number of hydrogen-bond donors (Lipinski definition) is 2. The van der Waals surface area contributed by atoms with Crippen LogP contribution in [0.3, 0.4) is 0 Å². The lowest BCUT2D eigenvalue weighted by Gasteiger charge is -2.23. The maximum absolute atomic E-state index is 10.0. The molecule has 0 aromatic heterocycles. The highest BCUT2D eigenvalue weighted by molar-refractivity contribution is 8.00. The Morgan fingerprint density at radius 2 is 2.09 bits per heavy atom. The molecule has 3 aliphatic rings. The molecule has 1 aromatic carbocycles. The van der Waals surface area contributed by atoms with Gasteiger partial charge in [-0.15, -0.1) is 0 Å². The van der Waals surface area contributed by atoms with Crippen LogP contribution in [0.15, 0.2) is 24.3 Å². The fraction of sp³-hybridized carbons (Fsp3) is 0.438. The Kier molecular flexibility index (Phi) is 2.76. The van der Waals surface area contributed by atoms with E-state index < -0.39 is 15.9 Å². The summed E-state index contributed by atoms with van der Waals surface area (Å²) in [6.07, 6.45) is 0. The number of nitrogens with zero attached hydrogens (tertiary/aromatic N) is 2. The van der Waals surface area contributed by atoms with E-state index in [-0.39, 0.29) is 5.92 Å². The van der Waals surface area contributed by atoms with E-state index in [1.807, 2.05) is 24.3 Å². The van der Waals surface area contributed by atoms with Crippen molar-refractivity contribution in [2.24, 2.45) is 16.6 Å². The van der Waals surface area contributed by atoms with E-state index in [2.05, 4.69) is 17.1 Å². The first kappa shape index (κ1) is 14.4. The molecule has 0 amide bonds. The Morgan fingerprint density at radius 1 is 1.35 bits per heavy atom. The molecule has 0 radical (unpaired) electrons. The monoisotopic (exact) mass is 327 g/mol. The fourth-order valence-electron chi connectivity index (χ4n) is 4.11. The molecule has 3 N–H and O–H groups in total. The van der Waals surface area contributed by atoms with Crippen LogP contribution in [-0.4, -0.2) is 30.4 Å². The predicted molar refractivity (Wildman–Crippen MR) is 83.1 cm³/mol. The molecular weight excluding hydrogens is 312 g/mol. The zero-order valence-corrected chi connectivity index (χ0v) is 13.3. The Labute approximate surface area is 137 Å². The molecule has 1 saturated carbocycles. The molecule has 7 heteroatoms. The van der Waals surface area contributed by atoms with Crippen LogP contribution in [0.4, 0.5) is 0 Å². The summed E-state index contributed by atoms with van der Waals surface area (Å²) in [6.45, 7) is 0.533. The smallest absolute Gasteiger partial charge is 0.277 e. The van der Waals surface area contributed by atoms with Gasteiger partial charge in [0.25, 0.3) is 10.9 Å². The molecule has 6 nitrogen and oxygen atoms in total. The minimum Gasteiger partial charge on any atom is -0.497 e. The van der Waals surface area contributed by atoms with Gasteiger partial charge in [0.05, 0.1) is 25.9 Å². The number of methoxy groups -OCH3 is 1. The number of thioether (sulfide) groups is 1. The zero-order valence-electron chi connectivity index (χ0n) is 12.5. The van der Waals surface area contributed by atoms with Gasteiger partial charge < -0.3 is 9.47 Å². The first-order valence-corrected chi connectivity index (χ1v) is 8.26. The van der Waals surface area contributed by atoms with E-state index in [9.17, 15) is 10.5 Å². The van der Waals surface area contributed by atoms with Crippen molar-refractivity contribution < 1.29 is 14.5 Å². The zero-order chi connectivity index (χ0) is 16.3. The van der Waals surface area contributed by atoms with Crippen molar-refractivity contribution in [1.82, 2.24) is 0 Å².